The number of hydrogen-bond donors (Lipinski definition) is 0. The number of carbonyl (C=O) groups excluding carboxylic acids is 1. The molecule has 0 saturated carbocycles. The lowest BCUT2D eigenvalue weighted by molar-refractivity contribution is 0.0695. The molecule has 5 rings (SSSR count). The normalized spacial score (nSPS) is 16.3. The van der Waals surface area contributed by atoms with Crippen LogP contribution in [0.25, 0.3) is 22.8 Å². The van der Waals surface area contributed by atoms with E-state index in [9.17, 15) is 9.18 Å². The maximum absolute atomic E-state index is 13.5. The van der Waals surface area contributed by atoms with Gasteiger partial charge in [0.2, 0.25) is 11.7 Å². The second-order valence-electron chi connectivity index (χ2n) is 7.78. The van der Waals surface area contributed by atoms with E-state index in [1.165, 1.54) is 12.1 Å². The topological polar surface area (TPSA) is 98.2 Å². The largest absolute Gasteiger partial charge is 0.339 e. The summed E-state index contributed by atoms with van der Waals surface area (Å²) in [5.74, 6) is 1.30. The number of likely N-dealkylation sites (tertiary alicyclic amines) is 1. The van der Waals surface area contributed by atoms with Crippen molar-refractivity contribution in [2.24, 2.45) is 0 Å². The maximum Gasteiger partial charge on any atom is 0.257 e. The van der Waals surface area contributed by atoms with Crippen LogP contribution in [0.5, 0.6) is 0 Å². The molecule has 0 bridgehead atoms. The monoisotopic (exact) mass is 433 g/mol. The third kappa shape index (κ3) is 4.01. The molecular weight excluding hydrogens is 413 g/mol. The van der Waals surface area contributed by atoms with E-state index in [1.807, 2.05) is 0 Å². The lowest BCUT2D eigenvalue weighted by atomic mass is 9.97. The third-order valence-electron chi connectivity index (χ3n) is 5.49. The molecule has 1 atom stereocenters. The van der Waals surface area contributed by atoms with Crippen LogP contribution in [0.15, 0.2) is 57.6 Å². The van der Waals surface area contributed by atoms with E-state index in [2.05, 4.69) is 20.3 Å². The first-order valence-electron chi connectivity index (χ1n) is 10.4. The van der Waals surface area contributed by atoms with Gasteiger partial charge in [0.25, 0.3) is 11.8 Å². The molecule has 32 heavy (non-hydrogen) atoms. The Morgan fingerprint density at radius 1 is 1.06 bits per heavy atom. The molecule has 9 heteroatoms. The highest BCUT2D eigenvalue weighted by molar-refractivity contribution is 5.94. The molecule has 1 fully saturated rings. The average molecular weight is 433 g/mol. The van der Waals surface area contributed by atoms with Gasteiger partial charge in [0.1, 0.15) is 5.82 Å². The quantitative estimate of drug-likeness (QED) is 0.474. The Hall–Kier alpha value is -3.88. The fraction of sp³-hybridized carbons (Fsp3) is 0.261. The van der Waals surface area contributed by atoms with Gasteiger partial charge < -0.3 is 13.9 Å². The van der Waals surface area contributed by atoms with Crippen LogP contribution in [0.1, 0.15) is 40.8 Å². The van der Waals surface area contributed by atoms with E-state index >= 15 is 0 Å². The zero-order valence-corrected chi connectivity index (χ0v) is 17.4. The van der Waals surface area contributed by atoms with Crippen molar-refractivity contribution in [2.75, 3.05) is 13.1 Å². The van der Waals surface area contributed by atoms with Crippen molar-refractivity contribution < 1.29 is 18.2 Å². The summed E-state index contributed by atoms with van der Waals surface area (Å²) < 4.78 is 24.1. The van der Waals surface area contributed by atoms with Crippen LogP contribution in [0.3, 0.4) is 0 Å². The van der Waals surface area contributed by atoms with Crippen LogP contribution >= 0.6 is 0 Å². The highest BCUT2D eigenvalue weighted by Gasteiger charge is 2.29. The van der Waals surface area contributed by atoms with Crippen molar-refractivity contribution >= 4 is 5.91 Å². The molecule has 162 valence electrons. The summed E-state index contributed by atoms with van der Waals surface area (Å²) in [7, 11) is 0. The number of amides is 1. The summed E-state index contributed by atoms with van der Waals surface area (Å²) in [6.45, 7) is 2.89. The second-order valence-corrected chi connectivity index (χ2v) is 7.78. The van der Waals surface area contributed by atoms with Crippen LogP contribution in [0.2, 0.25) is 0 Å². The van der Waals surface area contributed by atoms with Crippen molar-refractivity contribution in [1.29, 1.82) is 0 Å². The Labute approximate surface area is 183 Å². The van der Waals surface area contributed by atoms with Gasteiger partial charge in [-0.05, 0) is 56.2 Å². The van der Waals surface area contributed by atoms with Gasteiger partial charge in [0.05, 0.1) is 5.92 Å². The summed E-state index contributed by atoms with van der Waals surface area (Å²) in [5.41, 5.74) is 1.89. The van der Waals surface area contributed by atoms with Crippen LogP contribution in [0, 0.1) is 12.7 Å². The summed E-state index contributed by atoms with van der Waals surface area (Å²) in [6, 6.07) is 13.2. The summed E-state index contributed by atoms with van der Waals surface area (Å²) >= 11 is 0. The van der Waals surface area contributed by atoms with E-state index in [1.54, 1.807) is 48.2 Å². The number of aromatic nitrogens is 4. The van der Waals surface area contributed by atoms with Crippen molar-refractivity contribution in [3.63, 3.8) is 0 Å². The van der Waals surface area contributed by atoms with E-state index in [-0.39, 0.29) is 17.6 Å². The third-order valence-corrected chi connectivity index (χ3v) is 5.49. The minimum atomic E-state index is -0.358. The maximum atomic E-state index is 13.5. The summed E-state index contributed by atoms with van der Waals surface area (Å²) in [6.07, 6.45) is 1.66. The zero-order valence-electron chi connectivity index (χ0n) is 17.4. The Balaban J connectivity index is 1.29. The van der Waals surface area contributed by atoms with E-state index in [0.29, 0.717) is 47.6 Å². The van der Waals surface area contributed by atoms with Gasteiger partial charge in [-0.3, -0.25) is 4.79 Å². The average Bonchev–Trinajstić information content (AvgIpc) is 3.48. The van der Waals surface area contributed by atoms with Gasteiger partial charge in [-0.25, -0.2) is 4.39 Å². The molecule has 0 spiro atoms. The van der Waals surface area contributed by atoms with Gasteiger partial charge >= 0.3 is 0 Å². The Morgan fingerprint density at radius 2 is 1.91 bits per heavy atom. The molecule has 8 nitrogen and oxygen atoms in total. The van der Waals surface area contributed by atoms with Crippen molar-refractivity contribution in [3.8, 4) is 22.8 Å². The molecule has 1 amide bonds. The molecule has 1 saturated heterocycles. The van der Waals surface area contributed by atoms with Crippen molar-refractivity contribution in [2.45, 2.75) is 25.7 Å². The lowest BCUT2D eigenvalue weighted by Crippen LogP contribution is -2.39. The van der Waals surface area contributed by atoms with Crippen LogP contribution < -0.4 is 0 Å². The van der Waals surface area contributed by atoms with E-state index in [4.69, 9.17) is 9.05 Å². The fourth-order valence-corrected chi connectivity index (χ4v) is 3.86. The molecule has 3 heterocycles. The number of aryl methyl sites for hydroxylation is 1. The van der Waals surface area contributed by atoms with Gasteiger partial charge in [-0.15, -0.1) is 0 Å². The van der Waals surface area contributed by atoms with Crippen LogP contribution in [0.4, 0.5) is 4.39 Å². The first-order valence-corrected chi connectivity index (χ1v) is 10.4. The molecule has 2 aromatic heterocycles. The Morgan fingerprint density at radius 3 is 2.66 bits per heavy atom. The predicted molar refractivity (Wildman–Crippen MR) is 112 cm³/mol. The number of halogens is 1. The second kappa shape index (κ2) is 8.33. The summed E-state index contributed by atoms with van der Waals surface area (Å²) in [4.78, 5) is 23.5. The minimum Gasteiger partial charge on any atom is -0.339 e. The zero-order chi connectivity index (χ0) is 22.1. The highest BCUT2D eigenvalue weighted by Crippen LogP contribution is 2.29. The number of carbonyl (C=O) groups is 1. The van der Waals surface area contributed by atoms with Crippen molar-refractivity contribution in [1.82, 2.24) is 25.2 Å². The molecule has 0 aliphatic carbocycles. The minimum absolute atomic E-state index is 0.0622. The van der Waals surface area contributed by atoms with Gasteiger partial charge in [-0.2, -0.15) is 9.97 Å². The number of hydrogen-bond acceptors (Lipinski definition) is 7. The lowest BCUT2D eigenvalue weighted by Gasteiger charge is -2.31. The highest BCUT2D eigenvalue weighted by atomic mass is 19.1. The molecule has 2 aromatic carbocycles. The first kappa shape index (κ1) is 20.0. The predicted octanol–water partition coefficient (Wildman–Crippen LogP) is 4.25. The molecule has 1 aliphatic rings. The molecule has 4 aromatic rings. The fourth-order valence-electron chi connectivity index (χ4n) is 3.86. The van der Waals surface area contributed by atoms with Gasteiger partial charge in [-0.1, -0.05) is 22.4 Å². The van der Waals surface area contributed by atoms with E-state index in [0.717, 1.165) is 18.4 Å². The molecule has 1 unspecified atom stereocenters. The Bertz CT molecular complexity index is 1250. The first-order chi connectivity index (χ1) is 15.6. The van der Waals surface area contributed by atoms with Crippen LogP contribution in [-0.2, 0) is 0 Å². The SMILES string of the molecule is Cc1noc(-c2ccc(C(=O)N3CCCC(c4nc(-c5cccc(F)c5)no4)C3)cc2)n1. The molecular formula is C23H20FN5O3. The number of nitrogens with zero attached hydrogens (tertiary/aromatic N) is 5. The number of benzene rings is 2. The molecule has 0 radical (unpaired) electrons. The smallest absolute Gasteiger partial charge is 0.257 e. The number of rotatable bonds is 4. The van der Waals surface area contributed by atoms with Gasteiger partial charge in [0, 0.05) is 29.8 Å². The molecule has 1 aliphatic heterocycles. The Kier molecular flexibility index (Phi) is 5.22. The van der Waals surface area contributed by atoms with E-state index < -0.39 is 0 Å². The number of piperidine rings is 1. The summed E-state index contributed by atoms with van der Waals surface area (Å²) in [5, 5.41) is 7.78. The van der Waals surface area contributed by atoms with Gasteiger partial charge in [0.15, 0.2) is 5.82 Å². The van der Waals surface area contributed by atoms with Crippen molar-refractivity contribution in [3.05, 3.63) is 71.6 Å². The standard InChI is InChI=1S/C23H20FN5O3/c1-14-25-21(31-27-14)15-7-9-16(10-8-15)23(30)29-11-3-5-18(13-29)22-26-20(28-32-22)17-4-2-6-19(24)12-17/h2,4,6-10,12,18H,3,5,11,13H2,1H3. The van der Waals surface area contributed by atoms with Crippen LogP contribution in [-0.4, -0.2) is 44.2 Å². The molecule has 0 N–H and O–H groups in total.